The standard InChI is InChI=1S/C15H14ClFN2O2/c1-20-15-9-19(14-5-4-10(17)7-12(14)16)18-13(15)8-11-3-2-6-21-11/h2-7,18H,8-9H2,1H3. The molecule has 1 N–H and O–H groups in total. The Morgan fingerprint density at radius 3 is 2.95 bits per heavy atom. The van der Waals surface area contributed by atoms with Gasteiger partial charge >= 0.3 is 0 Å². The van der Waals surface area contributed by atoms with E-state index < -0.39 is 0 Å². The highest BCUT2D eigenvalue weighted by atomic mass is 35.5. The van der Waals surface area contributed by atoms with E-state index in [1.165, 1.54) is 12.1 Å². The van der Waals surface area contributed by atoms with Crippen molar-refractivity contribution >= 4 is 17.3 Å². The van der Waals surface area contributed by atoms with Crippen LogP contribution >= 0.6 is 11.6 Å². The van der Waals surface area contributed by atoms with E-state index in [4.69, 9.17) is 20.8 Å². The lowest BCUT2D eigenvalue weighted by Crippen LogP contribution is -2.32. The van der Waals surface area contributed by atoms with Crippen LogP contribution in [0.5, 0.6) is 0 Å². The number of hydrogen-bond donors (Lipinski definition) is 1. The molecule has 0 amide bonds. The predicted molar refractivity (Wildman–Crippen MR) is 78.3 cm³/mol. The van der Waals surface area contributed by atoms with Crippen LogP contribution in [-0.4, -0.2) is 13.7 Å². The van der Waals surface area contributed by atoms with Gasteiger partial charge in [-0.2, -0.15) is 0 Å². The minimum Gasteiger partial charge on any atom is -0.497 e. The number of benzene rings is 1. The third-order valence-electron chi connectivity index (χ3n) is 3.29. The van der Waals surface area contributed by atoms with Crippen molar-refractivity contribution in [1.29, 1.82) is 0 Å². The number of hydrazine groups is 1. The molecule has 4 nitrogen and oxygen atoms in total. The lowest BCUT2D eigenvalue weighted by Gasteiger charge is -2.21. The van der Waals surface area contributed by atoms with Gasteiger partial charge in [0.1, 0.15) is 17.3 Å². The van der Waals surface area contributed by atoms with Gasteiger partial charge in [-0.3, -0.25) is 10.4 Å². The molecule has 0 atom stereocenters. The van der Waals surface area contributed by atoms with Gasteiger partial charge < -0.3 is 9.15 Å². The van der Waals surface area contributed by atoms with Gasteiger partial charge in [0, 0.05) is 0 Å². The fourth-order valence-corrected chi connectivity index (χ4v) is 2.53. The lowest BCUT2D eigenvalue weighted by molar-refractivity contribution is 0.286. The lowest BCUT2D eigenvalue weighted by atomic mass is 10.2. The first-order chi connectivity index (χ1) is 10.2. The summed E-state index contributed by atoms with van der Waals surface area (Å²) >= 11 is 6.09. The third-order valence-corrected chi connectivity index (χ3v) is 3.59. The fraction of sp³-hybridized carbons (Fsp3) is 0.200. The topological polar surface area (TPSA) is 37.6 Å². The number of nitrogens with zero attached hydrogens (tertiary/aromatic N) is 1. The molecule has 2 heterocycles. The Kier molecular flexibility index (Phi) is 3.75. The smallest absolute Gasteiger partial charge is 0.138 e. The van der Waals surface area contributed by atoms with Gasteiger partial charge in [-0.15, -0.1) is 0 Å². The van der Waals surface area contributed by atoms with Crippen LogP contribution in [0.1, 0.15) is 5.76 Å². The number of halogens is 2. The van der Waals surface area contributed by atoms with Gasteiger partial charge in [-0.05, 0) is 30.3 Å². The second-order valence-corrected chi connectivity index (χ2v) is 5.06. The van der Waals surface area contributed by atoms with E-state index in [2.05, 4.69) is 5.43 Å². The first-order valence-corrected chi connectivity index (χ1v) is 6.83. The van der Waals surface area contributed by atoms with E-state index in [-0.39, 0.29) is 5.82 Å². The van der Waals surface area contributed by atoms with E-state index in [1.54, 1.807) is 19.4 Å². The quantitative estimate of drug-likeness (QED) is 0.938. The summed E-state index contributed by atoms with van der Waals surface area (Å²) in [6.07, 6.45) is 2.22. The molecule has 0 bridgehead atoms. The van der Waals surface area contributed by atoms with Crippen molar-refractivity contribution in [1.82, 2.24) is 5.43 Å². The molecule has 0 aliphatic carbocycles. The molecule has 1 aromatic heterocycles. The van der Waals surface area contributed by atoms with E-state index in [0.717, 1.165) is 17.2 Å². The highest BCUT2D eigenvalue weighted by Crippen LogP contribution is 2.30. The first kappa shape index (κ1) is 13.8. The summed E-state index contributed by atoms with van der Waals surface area (Å²) in [4.78, 5) is 0. The predicted octanol–water partition coefficient (Wildman–Crippen LogP) is 3.50. The average Bonchev–Trinajstić information content (AvgIpc) is 3.09. The van der Waals surface area contributed by atoms with Crippen molar-refractivity contribution in [3.8, 4) is 0 Å². The Balaban J connectivity index is 1.80. The maximum absolute atomic E-state index is 13.1. The zero-order chi connectivity index (χ0) is 14.8. The molecule has 2 aromatic rings. The summed E-state index contributed by atoms with van der Waals surface area (Å²) in [5, 5.41) is 2.16. The number of ether oxygens (including phenoxy) is 1. The van der Waals surface area contributed by atoms with Crippen molar-refractivity contribution in [2.24, 2.45) is 0 Å². The van der Waals surface area contributed by atoms with E-state index >= 15 is 0 Å². The van der Waals surface area contributed by atoms with Crippen molar-refractivity contribution in [2.75, 3.05) is 18.7 Å². The number of methoxy groups -OCH3 is 1. The summed E-state index contributed by atoms with van der Waals surface area (Å²) < 4.78 is 23.9. The number of anilines is 1. The Morgan fingerprint density at radius 1 is 1.43 bits per heavy atom. The molecule has 0 radical (unpaired) electrons. The molecule has 3 rings (SSSR count). The summed E-state index contributed by atoms with van der Waals surface area (Å²) in [5.74, 6) is 1.27. The fourth-order valence-electron chi connectivity index (χ4n) is 2.26. The molecule has 110 valence electrons. The zero-order valence-corrected chi connectivity index (χ0v) is 12.2. The normalized spacial score (nSPS) is 14.5. The number of hydrogen-bond acceptors (Lipinski definition) is 4. The summed E-state index contributed by atoms with van der Waals surface area (Å²) in [6.45, 7) is 0.512. The molecule has 6 heteroatoms. The second kappa shape index (κ2) is 5.69. The van der Waals surface area contributed by atoms with Crippen molar-refractivity contribution in [3.63, 3.8) is 0 Å². The minimum absolute atomic E-state index is 0.345. The van der Waals surface area contributed by atoms with Gasteiger partial charge in [0.15, 0.2) is 0 Å². The Morgan fingerprint density at radius 2 is 2.29 bits per heavy atom. The SMILES string of the molecule is COC1=C(Cc2ccco2)NN(c2ccc(F)cc2Cl)C1. The Hall–Kier alpha value is -2.14. The van der Waals surface area contributed by atoms with E-state index in [9.17, 15) is 4.39 Å². The minimum atomic E-state index is -0.362. The van der Waals surface area contributed by atoms with Gasteiger partial charge in [0.25, 0.3) is 0 Å². The van der Waals surface area contributed by atoms with Crippen LogP contribution in [0.25, 0.3) is 0 Å². The number of rotatable bonds is 4. The van der Waals surface area contributed by atoms with Crippen LogP contribution in [0, 0.1) is 5.82 Å². The van der Waals surface area contributed by atoms with Gasteiger partial charge in [0.05, 0.1) is 42.7 Å². The van der Waals surface area contributed by atoms with Gasteiger partial charge in [-0.1, -0.05) is 11.6 Å². The maximum atomic E-state index is 13.1. The zero-order valence-electron chi connectivity index (χ0n) is 11.4. The van der Waals surface area contributed by atoms with Crippen molar-refractivity contribution in [3.05, 3.63) is 64.7 Å². The van der Waals surface area contributed by atoms with Crippen LogP contribution in [-0.2, 0) is 11.2 Å². The van der Waals surface area contributed by atoms with Gasteiger partial charge in [0.2, 0.25) is 0 Å². The third kappa shape index (κ3) is 2.83. The maximum Gasteiger partial charge on any atom is 0.138 e. The highest BCUT2D eigenvalue weighted by molar-refractivity contribution is 6.33. The number of furan rings is 1. The van der Waals surface area contributed by atoms with Crippen molar-refractivity contribution < 1.29 is 13.5 Å². The summed E-state index contributed by atoms with van der Waals surface area (Å²) in [7, 11) is 1.62. The number of allylic oxidation sites excluding steroid dienone is 1. The molecular formula is C15H14ClFN2O2. The molecule has 0 saturated heterocycles. The Labute approximate surface area is 126 Å². The molecular weight excluding hydrogens is 295 g/mol. The molecule has 0 spiro atoms. The Bertz CT molecular complexity index is 670. The van der Waals surface area contributed by atoms with E-state index in [0.29, 0.717) is 23.7 Å². The highest BCUT2D eigenvalue weighted by Gasteiger charge is 2.25. The molecule has 0 unspecified atom stereocenters. The first-order valence-electron chi connectivity index (χ1n) is 6.45. The molecule has 21 heavy (non-hydrogen) atoms. The van der Waals surface area contributed by atoms with Gasteiger partial charge in [-0.25, -0.2) is 4.39 Å². The van der Waals surface area contributed by atoms with Crippen LogP contribution in [0.3, 0.4) is 0 Å². The summed E-state index contributed by atoms with van der Waals surface area (Å²) in [5.41, 5.74) is 4.82. The largest absolute Gasteiger partial charge is 0.497 e. The van der Waals surface area contributed by atoms with Crippen LogP contribution in [0.15, 0.2) is 52.5 Å². The molecule has 1 aliphatic rings. The van der Waals surface area contributed by atoms with Crippen LogP contribution < -0.4 is 10.4 Å². The summed E-state index contributed by atoms with van der Waals surface area (Å²) in [6, 6.07) is 8.03. The van der Waals surface area contributed by atoms with Crippen molar-refractivity contribution in [2.45, 2.75) is 6.42 Å². The van der Waals surface area contributed by atoms with Crippen LogP contribution in [0.4, 0.5) is 10.1 Å². The molecule has 1 aliphatic heterocycles. The average molecular weight is 309 g/mol. The van der Waals surface area contributed by atoms with Crippen LogP contribution in [0.2, 0.25) is 5.02 Å². The molecule has 1 aromatic carbocycles. The molecule has 0 fully saturated rings. The number of nitrogens with one attached hydrogen (secondary N) is 1. The second-order valence-electron chi connectivity index (χ2n) is 4.66. The van der Waals surface area contributed by atoms with E-state index in [1.807, 2.05) is 17.1 Å². The molecule has 0 saturated carbocycles. The monoisotopic (exact) mass is 308 g/mol.